The van der Waals surface area contributed by atoms with Gasteiger partial charge in [-0.05, 0) is 30.8 Å². The quantitative estimate of drug-likeness (QED) is 0.782. The van der Waals surface area contributed by atoms with Gasteiger partial charge in [-0.1, -0.05) is 13.0 Å². The monoisotopic (exact) mass is 414 g/mol. The Morgan fingerprint density at radius 1 is 1.10 bits per heavy atom. The number of piperazine rings is 1. The predicted molar refractivity (Wildman–Crippen MR) is 117 cm³/mol. The molecule has 1 amide bonds. The maximum absolute atomic E-state index is 12.4. The van der Waals surface area contributed by atoms with Gasteiger partial charge in [0.15, 0.2) is 0 Å². The number of hydrogen-bond donors (Lipinski definition) is 1. The van der Waals surface area contributed by atoms with Crippen LogP contribution in [0.15, 0.2) is 29.9 Å². The Morgan fingerprint density at radius 3 is 2.45 bits per heavy atom. The molecule has 156 valence electrons. The SMILES string of the molecule is CCN1CCN(c2ncc(N3CCC(C(=O)NCc4cccs4)CC3)cn2)CC1. The van der Waals surface area contributed by atoms with Crippen LogP contribution in [-0.2, 0) is 11.3 Å². The first kappa shape index (κ1) is 20.1. The molecule has 0 unspecified atom stereocenters. The molecule has 0 atom stereocenters. The van der Waals surface area contributed by atoms with E-state index in [1.54, 1.807) is 11.3 Å². The van der Waals surface area contributed by atoms with Crippen LogP contribution in [0, 0.1) is 5.92 Å². The molecule has 0 aliphatic carbocycles. The van der Waals surface area contributed by atoms with Gasteiger partial charge >= 0.3 is 0 Å². The Bertz CT molecular complexity index is 765. The lowest BCUT2D eigenvalue weighted by molar-refractivity contribution is -0.125. The summed E-state index contributed by atoms with van der Waals surface area (Å²) in [5, 5.41) is 5.12. The molecule has 8 heteroatoms. The van der Waals surface area contributed by atoms with Crippen molar-refractivity contribution in [2.24, 2.45) is 5.92 Å². The molecule has 7 nitrogen and oxygen atoms in total. The first-order valence-electron chi connectivity index (χ1n) is 10.6. The van der Waals surface area contributed by atoms with E-state index in [1.165, 1.54) is 4.88 Å². The van der Waals surface area contributed by atoms with Gasteiger partial charge in [-0.3, -0.25) is 4.79 Å². The van der Waals surface area contributed by atoms with E-state index in [0.717, 1.165) is 70.3 Å². The highest BCUT2D eigenvalue weighted by molar-refractivity contribution is 7.09. The van der Waals surface area contributed by atoms with Crippen molar-refractivity contribution in [3.05, 3.63) is 34.8 Å². The number of carbonyl (C=O) groups excluding carboxylic acids is 1. The molecular weight excluding hydrogens is 384 g/mol. The number of thiophene rings is 1. The molecule has 0 aromatic carbocycles. The van der Waals surface area contributed by atoms with E-state index in [2.05, 4.69) is 43.0 Å². The predicted octanol–water partition coefficient (Wildman–Crippen LogP) is 2.21. The number of likely N-dealkylation sites (N-methyl/N-ethyl adjacent to an activating group) is 1. The number of piperidine rings is 1. The first-order chi connectivity index (χ1) is 14.2. The van der Waals surface area contributed by atoms with Crippen LogP contribution in [0.4, 0.5) is 11.6 Å². The first-order valence-corrected chi connectivity index (χ1v) is 11.5. The Labute approximate surface area is 176 Å². The van der Waals surface area contributed by atoms with Crippen LogP contribution in [0.2, 0.25) is 0 Å². The van der Waals surface area contributed by atoms with Crippen LogP contribution in [-0.4, -0.2) is 66.6 Å². The fourth-order valence-corrected chi connectivity index (χ4v) is 4.68. The van der Waals surface area contributed by atoms with E-state index in [0.29, 0.717) is 6.54 Å². The van der Waals surface area contributed by atoms with Gasteiger partial charge in [-0.25, -0.2) is 9.97 Å². The second-order valence-corrected chi connectivity index (χ2v) is 8.75. The maximum Gasteiger partial charge on any atom is 0.225 e. The highest BCUT2D eigenvalue weighted by Crippen LogP contribution is 2.23. The summed E-state index contributed by atoms with van der Waals surface area (Å²) in [5.41, 5.74) is 1.05. The number of carbonyl (C=O) groups is 1. The standard InChI is InChI=1S/C21H30N6OS/c1-2-25-9-11-27(12-10-25)21-23-14-18(15-24-21)26-7-5-17(6-8-26)20(28)22-16-19-4-3-13-29-19/h3-4,13-15,17H,2,5-12,16H2,1H3,(H,22,28). The van der Waals surface area contributed by atoms with Gasteiger partial charge in [0.1, 0.15) is 0 Å². The van der Waals surface area contributed by atoms with Crippen molar-refractivity contribution >= 4 is 28.9 Å². The van der Waals surface area contributed by atoms with E-state index in [9.17, 15) is 4.79 Å². The summed E-state index contributed by atoms with van der Waals surface area (Å²) >= 11 is 1.68. The normalized spacial score (nSPS) is 18.8. The lowest BCUT2D eigenvalue weighted by atomic mass is 9.95. The number of nitrogens with one attached hydrogen (secondary N) is 1. The highest BCUT2D eigenvalue weighted by atomic mass is 32.1. The van der Waals surface area contributed by atoms with E-state index < -0.39 is 0 Å². The zero-order valence-corrected chi connectivity index (χ0v) is 17.9. The fourth-order valence-electron chi connectivity index (χ4n) is 4.04. The number of rotatable bonds is 6. The van der Waals surface area contributed by atoms with Crippen LogP contribution in [0.5, 0.6) is 0 Å². The molecule has 4 heterocycles. The van der Waals surface area contributed by atoms with Crippen LogP contribution in [0.3, 0.4) is 0 Å². The van der Waals surface area contributed by atoms with Crippen LogP contribution >= 0.6 is 11.3 Å². The second-order valence-electron chi connectivity index (χ2n) is 7.72. The average Bonchev–Trinajstić information content (AvgIpc) is 3.31. The second kappa shape index (κ2) is 9.54. The van der Waals surface area contributed by atoms with Crippen LogP contribution in [0.1, 0.15) is 24.6 Å². The van der Waals surface area contributed by atoms with Gasteiger partial charge in [0.05, 0.1) is 24.6 Å². The number of anilines is 2. The van der Waals surface area contributed by atoms with E-state index in [-0.39, 0.29) is 11.8 Å². The van der Waals surface area contributed by atoms with E-state index in [1.807, 2.05) is 23.8 Å². The lowest BCUT2D eigenvalue weighted by Crippen LogP contribution is -2.46. The molecule has 0 saturated carbocycles. The molecule has 2 aromatic heterocycles. The number of aromatic nitrogens is 2. The number of hydrogen-bond acceptors (Lipinski definition) is 7. The Hall–Kier alpha value is -2.19. The molecule has 2 aliphatic heterocycles. The van der Waals surface area contributed by atoms with Gasteiger partial charge in [0, 0.05) is 50.1 Å². The topological polar surface area (TPSA) is 64.6 Å². The smallest absolute Gasteiger partial charge is 0.225 e. The van der Waals surface area contributed by atoms with Crippen LogP contribution < -0.4 is 15.1 Å². The van der Waals surface area contributed by atoms with Gasteiger partial charge in [-0.2, -0.15) is 0 Å². The molecule has 2 saturated heterocycles. The van der Waals surface area contributed by atoms with Crippen molar-refractivity contribution in [3.63, 3.8) is 0 Å². The molecule has 2 fully saturated rings. The largest absolute Gasteiger partial charge is 0.369 e. The summed E-state index contributed by atoms with van der Waals surface area (Å²) in [6.45, 7) is 9.81. The summed E-state index contributed by atoms with van der Waals surface area (Å²) in [5.74, 6) is 1.10. The molecule has 0 spiro atoms. The third kappa shape index (κ3) is 5.05. The zero-order chi connectivity index (χ0) is 20.1. The van der Waals surface area contributed by atoms with Gasteiger partial charge < -0.3 is 20.0 Å². The third-order valence-corrected chi connectivity index (χ3v) is 6.85. The molecule has 4 rings (SSSR count). The Morgan fingerprint density at radius 2 is 1.83 bits per heavy atom. The molecule has 2 aliphatic rings. The molecule has 1 N–H and O–H groups in total. The molecule has 0 bridgehead atoms. The molecule has 2 aromatic rings. The Kier molecular flexibility index (Phi) is 6.61. The maximum atomic E-state index is 12.4. The molecule has 29 heavy (non-hydrogen) atoms. The fraction of sp³-hybridized carbons (Fsp3) is 0.571. The van der Waals surface area contributed by atoms with Gasteiger partial charge in [0.25, 0.3) is 0 Å². The third-order valence-electron chi connectivity index (χ3n) is 5.97. The van der Waals surface area contributed by atoms with Crippen molar-refractivity contribution in [3.8, 4) is 0 Å². The average molecular weight is 415 g/mol. The van der Waals surface area contributed by atoms with Gasteiger partial charge in [0.2, 0.25) is 11.9 Å². The zero-order valence-electron chi connectivity index (χ0n) is 17.1. The molecule has 0 radical (unpaired) electrons. The van der Waals surface area contributed by atoms with Crippen molar-refractivity contribution in [2.75, 3.05) is 55.6 Å². The lowest BCUT2D eigenvalue weighted by Gasteiger charge is -2.35. The summed E-state index contributed by atoms with van der Waals surface area (Å²) < 4.78 is 0. The van der Waals surface area contributed by atoms with E-state index >= 15 is 0 Å². The number of amides is 1. The molecular formula is C21H30N6OS. The minimum atomic E-state index is 0.0984. The summed E-state index contributed by atoms with van der Waals surface area (Å²) in [7, 11) is 0. The van der Waals surface area contributed by atoms with Crippen molar-refractivity contribution < 1.29 is 4.79 Å². The highest BCUT2D eigenvalue weighted by Gasteiger charge is 2.25. The van der Waals surface area contributed by atoms with Crippen LogP contribution in [0.25, 0.3) is 0 Å². The summed E-state index contributed by atoms with van der Waals surface area (Å²) in [6.07, 6.45) is 5.62. The number of nitrogens with zero attached hydrogens (tertiary/aromatic N) is 5. The van der Waals surface area contributed by atoms with Crippen molar-refractivity contribution in [2.45, 2.75) is 26.3 Å². The van der Waals surface area contributed by atoms with Crippen molar-refractivity contribution in [1.29, 1.82) is 0 Å². The minimum Gasteiger partial charge on any atom is -0.369 e. The van der Waals surface area contributed by atoms with E-state index in [4.69, 9.17) is 0 Å². The summed E-state index contributed by atoms with van der Waals surface area (Å²) in [6, 6.07) is 4.07. The van der Waals surface area contributed by atoms with Crippen molar-refractivity contribution in [1.82, 2.24) is 20.2 Å². The minimum absolute atomic E-state index is 0.0984. The Balaban J connectivity index is 1.25. The summed E-state index contributed by atoms with van der Waals surface area (Å²) in [4.78, 5) is 29.9. The van der Waals surface area contributed by atoms with Gasteiger partial charge in [-0.15, -0.1) is 11.3 Å².